The second-order valence-corrected chi connectivity index (χ2v) is 5.55. The smallest absolute Gasteiger partial charge is 0.159 e. The summed E-state index contributed by atoms with van der Waals surface area (Å²) in [5, 5.41) is 12.8. The van der Waals surface area contributed by atoms with Crippen molar-refractivity contribution in [3.05, 3.63) is 23.8 Å². The molecule has 0 spiro atoms. The third-order valence-electron chi connectivity index (χ3n) is 3.09. The maximum absolute atomic E-state index is 11.6. The number of rotatable bonds is 2. The van der Waals surface area contributed by atoms with Crippen molar-refractivity contribution < 1.29 is 9.66 Å². The quantitative estimate of drug-likeness (QED) is 0.771. The van der Waals surface area contributed by atoms with Gasteiger partial charge in [0.05, 0.1) is 0 Å². The Morgan fingerprint density at radius 1 is 1.38 bits per heavy atom. The van der Waals surface area contributed by atoms with Gasteiger partial charge in [0.2, 0.25) is 0 Å². The minimum atomic E-state index is -1.03. The average molecular weight is 239 g/mol. The molecule has 1 unspecified atom stereocenters. The Morgan fingerprint density at radius 3 is 2.69 bits per heavy atom. The van der Waals surface area contributed by atoms with Gasteiger partial charge in [0, 0.05) is 11.6 Å². The molecule has 1 atom stereocenters. The van der Waals surface area contributed by atoms with E-state index >= 15 is 0 Å². The molecule has 0 aliphatic carbocycles. The van der Waals surface area contributed by atoms with Gasteiger partial charge in [-0.25, -0.2) is 0 Å². The Hall–Kier alpha value is -0.710. The topological polar surface area (TPSA) is 55.3 Å². The van der Waals surface area contributed by atoms with E-state index in [4.69, 9.17) is 0 Å². The normalized spacial score (nSPS) is 19.6. The molecule has 1 aromatic rings. The van der Waals surface area contributed by atoms with Gasteiger partial charge in [0.25, 0.3) is 0 Å². The van der Waals surface area contributed by atoms with Gasteiger partial charge in [-0.1, -0.05) is 6.07 Å². The van der Waals surface area contributed by atoms with E-state index in [2.05, 4.69) is 5.32 Å². The zero-order chi connectivity index (χ0) is 11.5. The number of aromatic hydroxyl groups is 1. The van der Waals surface area contributed by atoms with Gasteiger partial charge in [-0.15, -0.1) is 0 Å². The molecular weight excluding hydrogens is 222 g/mol. The Balaban J connectivity index is 2.31. The number of phenols is 1. The van der Waals surface area contributed by atoms with Crippen LogP contribution in [0.3, 0.4) is 0 Å². The van der Waals surface area contributed by atoms with Crippen LogP contribution >= 0.6 is 0 Å². The molecule has 3 nitrogen and oxygen atoms in total. The molecule has 0 radical (unpaired) electrons. The standard InChI is InChI=1S/C12H17NO2S/c1-16(15)12-8-10(14)2-3-11(12)9-4-6-13-7-5-9/h2-3,8-9,13-14H,4-7H2,1H3. The van der Waals surface area contributed by atoms with Crippen molar-refractivity contribution in [3.63, 3.8) is 0 Å². The predicted molar refractivity (Wildman–Crippen MR) is 65.3 cm³/mol. The summed E-state index contributed by atoms with van der Waals surface area (Å²) in [5.41, 5.74) is 1.14. The van der Waals surface area contributed by atoms with Crippen LogP contribution in [0.5, 0.6) is 5.75 Å². The molecule has 0 aromatic heterocycles. The Kier molecular flexibility index (Phi) is 3.74. The van der Waals surface area contributed by atoms with Crippen molar-refractivity contribution in [3.8, 4) is 5.75 Å². The Labute approximate surface area is 99.1 Å². The van der Waals surface area contributed by atoms with Gasteiger partial charge in [-0.2, -0.15) is 0 Å². The number of hydrogen-bond acceptors (Lipinski definition) is 3. The molecule has 4 heteroatoms. The molecule has 1 heterocycles. The van der Waals surface area contributed by atoms with Crippen molar-refractivity contribution in [2.75, 3.05) is 19.3 Å². The molecule has 1 aromatic carbocycles. The number of piperidine rings is 1. The maximum Gasteiger partial charge on any atom is 0.159 e. The van der Waals surface area contributed by atoms with E-state index in [1.54, 1.807) is 18.4 Å². The lowest BCUT2D eigenvalue weighted by Gasteiger charge is -2.24. The first-order valence-corrected chi connectivity index (χ1v) is 7.11. The fourth-order valence-corrected chi connectivity index (χ4v) is 3.10. The van der Waals surface area contributed by atoms with Gasteiger partial charge in [-0.3, -0.25) is 0 Å². The first-order chi connectivity index (χ1) is 7.68. The van der Waals surface area contributed by atoms with Crippen LogP contribution in [0.2, 0.25) is 0 Å². The second kappa shape index (κ2) is 5.08. The summed E-state index contributed by atoms with van der Waals surface area (Å²) in [5.74, 6) is 0.670. The highest BCUT2D eigenvalue weighted by Gasteiger charge is 2.22. The molecule has 2 N–H and O–H groups in total. The Morgan fingerprint density at radius 2 is 2.06 bits per heavy atom. The second-order valence-electron chi connectivity index (χ2n) is 4.20. The summed E-state index contributed by atoms with van der Waals surface area (Å²) in [6.07, 6.45) is 3.82. The lowest BCUT2D eigenvalue weighted by molar-refractivity contribution is 0.450. The molecule has 0 saturated carbocycles. The number of hydrogen-bond donors (Lipinski definition) is 2. The predicted octanol–water partition coefficient (Wildman–Crippen LogP) is 1.60. The minimum Gasteiger partial charge on any atom is -0.612 e. The van der Waals surface area contributed by atoms with Crippen LogP contribution in [0.1, 0.15) is 24.3 Å². The molecule has 0 bridgehead atoms. The largest absolute Gasteiger partial charge is 0.612 e. The summed E-state index contributed by atoms with van der Waals surface area (Å²) in [6.45, 7) is 2.03. The van der Waals surface area contributed by atoms with Crippen molar-refractivity contribution >= 4 is 11.2 Å². The van der Waals surface area contributed by atoms with Crippen molar-refractivity contribution in [2.45, 2.75) is 23.7 Å². The van der Waals surface area contributed by atoms with Crippen LogP contribution < -0.4 is 5.32 Å². The van der Waals surface area contributed by atoms with Gasteiger partial charge < -0.3 is 15.0 Å². The number of phenolic OH excluding ortho intramolecular Hbond substituents is 1. The van der Waals surface area contributed by atoms with Crippen LogP contribution in [0, 0.1) is 0 Å². The van der Waals surface area contributed by atoms with E-state index in [1.165, 1.54) is 0 Å². The highest BCUT2D eigenvalue weighted by molar-refractivity contribution is 7.90. The van der Waals surface area contributed by atoms with E-state index in [-0.39, 0.29) is 5.75 Å². The van der Waals surface area contributed by atoms with Crippen molar-refractivity contribution in [1.82, 2.24) is 5.32 Å². The van der Waals surface area contributed by atoms with Gasteiger partial charge in [0.1, 0.15) is 12.0 Å². The molecule has 1 aliphatic heterocycles. The third kappa shape index (κ3) is 2.51. The lowest BCUT2D eigenvalue weighted by atomic mass is 9.90. The summed E-state index contributed by atoms with van der Waals surface area (Å²) in [7, 11) is 0. The SMILES string of the molecule is C[S+]([O-])c1cc(O)ccc1C1CCNCC1. The molecule has 1 fully saturated rings. The van der Waals surface area contributed by atoms with Crippen molar-refractivity contribution in [1.29, 1.82) is 0 Å². The molecule has 2 rings (SSSR count). The van der Waals surface area contributed by atoms with Gasteiger partial charge in [-0.05, 0) is 49.1 Å². The fourth-order valence-electron chi connectivity index (χ4n) is 2.24. The first-order valence-electron chi connectivity index (χ1n) is 5.55. The molecular formula is C12H17NO2S. The maximum atomic E-state index is 11.6. The third-order valence-corrected chi connectivity index (χ3v) is 4.06. The highest BCUT2D eigenvalue weighted by Crippen LogP contribution is 2.32. The molecule has 1 saturated heterocycles. The van der Waals surface area contributed by atoms with Crippen LogP contribution in [0.4, 0.5) is 0 Å². The Bertz CT molecular complexity index is 362. The number of benzene rings is 1. The summed E-state index contributed by atoms with van der Waals surface area (Å²) < 4.78 is 11.6. The fraction of sp³-hybridized carbons (Fsp3) is 0.500. The van der Waals surface area contributed by atoms with E-state index in [9.17, 15) is 9.66 Å². The number of nitrogens with one attached hydrogen (secondary N) is 1. The van der Waals surface area contributed by atoms with E-state index < -0.39 is 11.2 Å². The van der Waals surface area contributed by atoms with Gasteiger partial charge >= 0.3 is 0 Å². The van der Waals surface area contributed by atoms with Gasteiger partial charge in [0.15, 0.2) is 4.90 Å². The summed E-state index contributed by atoms with van der Waals surface area (Å²) >= 11 is -1.03. The van der Waals surface area contributed by atoms with Crippen LogP contribution in [0.15, 0.2) is 23.1 Å². The molecule has 0 amide bonds. The first kappa shape index (κ1) is 11.8. The van der Waals surface area contributed by atoms with Crippen LogP contribution in [0.25, 0.3) is 0 Å². The molecule has 1 aliphatic rings. The van der Waals surface area contributed by atoms with Crippen molar-refractivity contribution in [2.24, 2.45) is 0 Å². The molecule has 16 heavy (non-hydrogen) atoms. The average Bonchev–Trinajstić information content (AvgIpc) is 2.30. The lowest BCUT2D eigenvalue weighted by Crippen LogP contribution is -2.27. The van der Waals surface area contributed by atoms with E-state index in [0.717, 1.165) is 36.4 Å². The minimum absolute atomic E-state index is 0.197. The van der Waals surface area contributed by atoms with Crippen LogP contribution in [-0.4, -0.2) is 29.0 Å². The molecule has 88 valence electrons. The van der Waals surface area contributed by atoms with E-state index in [0.29, 0.717) is 5.92 Å². The monoisotopic (exact) mass is 239 g/mol. The summed E-state index contributed by atoms with van der Waals surface area (Å²) in [6, 6.07) is 5.24. The highest BCUT2D eigenvalue weighted by atomic mass is 32.2. The zero-order valence-corrected chi connectivity index (χ0v) is 10.2. The van der Waals surface area contributed by atoms with Crippen LogP contribution in [-0.2, 0) is 11.2 Å². The summed E-state index contributed by atoms with van der Waals surface area (Å²) in [4.78, 5) is 0.784. The van der Waals surface area contributed by atoms with E-state index in [1.807, 2.05) is 6.07 Å². The zero-order valence-electron chi connectivity index (χ0n) is 9.40.